The van der Waals surface area contributed by atoms with E-state index in [0.29, 0.717) is 16.5 Å². The van der Waals surface area contributed by atoms with E-state index in [-0.39, 0.29) is 56.3 Å². The highest BCUT2D eigenvalue weighted by Crippen LogP contribution is 2.39. The third kappa shape index (κ3) is 8.69. The first-order valence-electron chi connectivity index (χ1n) is 15.5. The molecule has 0 atom stereocenters. The van der Waals surface area contributed by atoms with Crippen LogP contribution in [0.3, 0.4) is 0 Å². The fourth-order valence-electron chi connectivity index (χ4n) is 4.81. The van der Waals surface area contributed by atoms with Crippen LogP contribution >= 0.6 is 34.8 Å². The van der Waals surface area contributed by atoms with Gasteiger partial charge in [-0.1, -0.05) is 94.5 Å². The molecule has 12 heteroatoms. The van der Waals surface area contributed by atoms with Crippen molar-refractivity contribution in [2.24, 2.45) is 0 Å². The number of hydrogen-bond donors (Lipinski definition) is 2. The minimum atomic E-state index is -0.620. The van der Waals surface area contributed by atoms with Crippen molar-refractivity contribution < 1.29 is 23.9 Å². The number of rotatable bonds is 12. The van der Waals surface area contributed by atoms with Crippen LogP contribution in [-0.2, 0) is 20.4 Å². The molecule has 254 valence electrons. The van der Waals surface area contributed by atoms with E-state index >= 15 is 0 Å². The molecule has 0 unspecified atom stereocenters. The van der Waals surface area contributed by atoms with Crippen molar-refractivity contribution in [1.29, 1.82) is 0 Å². The van der Waals surface area contributed by atoms with Crippen LogP contribution in [0.1, 0.15) is 82.8 Å². The third-order valence-electron chi connectivity index (χ3n) is 8.39. The number of halogens is 3. The lowest BCUT2D eigenvalue weighted by Gasteiger charge is -2.30. The van der Waals surface area contributed by atoms with Crippen LogP contribution < -0.4 is 20.1 Å². The lowest BCUT2D eigenvalue weighted by atomic mass is 9.76. The number of anilines is 2. The lowest BCUT2D eigenvalue weighted by molar-refractivity contribution is -0.132. The number of benzene rings is 3. The molecule has 48 heavy (non-hydrogen) atoms. The summed E-state index contributed by atoms with van der Waals surface area (Å²) in [6.45, 7) is 14.1. The minimum absolute atomic E-state index is 0.00851. The van der Waals surface area contributed by atoms with Gasteiger partial charge in [0.05, 0.1) is 10.0 Å². The number of carbonyl (C=O) groups is 3. The molecule has 0 aliphatic heterocycles. The van der Waals surface area contributed by atoms with Crippen LogP contribution in [0.5, 0.6) is 11.6 Å². The first-order valence-corrected chi connectivity index (χ1v) is 16.6. The summed E-state index contributed by atoms with van der Waals surface area (Å²) in [6.07, 6.45) is 1.89. The molecule has 0 saturated carbocycles. The summed E-state index contributed by atoms with van der Waals surface area (Å²) >= 11 is 18.8. The summed E-state index contributed by atoms with van der Waals surface area (Å²) in [4.78, 5) is 38.0. The summed E-state index contributed by atoms with van der Waals surface area (Å²) in [5.74, 6) is -0.845. The Bertz CT molecular complexity index is 1830. The average Bonchev–Trinajstić information content (AvgIpc) is 3.39. The number of carbonyl (C=O) groups excluding carboxylic acids is 3. The number of nitrogens with zero attached hydrogens (tertiary/aromatic N) is 2. The fourth-order valence-corrected chi connectivity index (χ4v) is 5.79. The Morgan fingerprint density at radius 1 is 0.854 bits per heavy atom. The number of esters is 1. The van der Waals surface area contributed by atoms with Crippen molar-refractivity contribution in [3.8, 4) is 17.3 Å². The maximum absolute atomic E-state index is 13.2. The molecular formula is C36H39Cl3N4O5. The second kappa shape index (κ2) is 15.0. The molecule has 1 heterocycles. The van der Waals surface area contributed by atoms with Crippen molar-refractivity contribution in [3.63, 3.8) is 0 Å². The Balaban J connectivity index is 1.49. The van der Waals surface area contributed by atoms with Gasteiger partial charge in [0.15, 0.2) is 12.4 Å². The molecule has 0 fully saturated rings. The van der Waals surface area contributed by atoms with E-state index in [4.69, 9.17) is 44.3 Å². The van der Waals surface area contributed by atoms with E-state index in [1.54, 1.807) is 18.2 Å². The monoisotopic (exact) mass is 712 g/mol. The Kier molecular flexibility index (Phi) is 11.5. The molecule has 3 aromatic carbocycles. The van der Waals surface area contributed by atoms with E-state index in [2.05, 4.69) is 69.4 Å². The van der Waals surface area contributed by atoms with Crippen molar-refractivity contribution in [1.82, 2.24) is 9.78 Å². The minimum Gasteiger partial charge on any atom is -0.483 e. The Hall–Kier alpha value is -4.05. The fraction of sp³-hybridized carbons (Fsp3) is 0.333. The number of hydrogen-bond acceptors (Lipinski definition) is 6. The molecule has 0 bridgehead atoms. The van der Waals surface area contributed by atoms with E-state index in [0.717, 1.165) is 18.4 Å². The van der Waals surface area contributed by atoms with Gasteiger partial charge in [0, 0.05) is 34.8 Å². The number of nitrogens with one attached hydrogen (secondary N) is 2. The van der Waals surface area contributed by atoms with E-state index < -0.39 is 11.9 Å². The van der Waals surface area contributed by atoms with Crippen molar-refractivity contribution in [2.45, 2.75) is 72.1 Å². The van der Waals surface area contributed by atoms with Crippen molar-refractivity contribution in [2.75, 3.05) is 17.2 Å². The molecule has 0 saturated heterocycles. The zero-order chi connectivity index (χ0) is 35.4. The standard InChI is InChI=1S/C36H39Cl3N4O5/c1-8-35(4,5)23-13-14-29(26(16-23)36(6,7)9-2)47-20-31(45)40-25-12-10-11-22(15-25)34(46)41-30-19-32(48-21(3)44)43(42-30)33-27(38)17-24(37)18-28(33)39/h10-19H,8-9,20H2,1-7H3,(H,40,45)(H,41,42,46). The third-order valence-corrected chi connectivity index (χ3v) is 9.18. The second-order valence-electron chi connectivity index (χ2n) is 12.6. The van der Waals surface area contributed by atoms with Gasteiger partial charge in [0.25, 0.3) is 11.8 Å². The molecule has 9 nitrogen and oxygen atoms in total. The van der Waals surface area contributed by atoms with Crippen LogP contribution in [-0.4, -0.2) is 34.2 Å². The molecule has 4 rings (SSSR count). The highest BCUT2D eigenvalue weighted by molar-refractivity contribution is 6.40. The molecule has 0 spiro atoms. The molecule has 0 radical (unpaired) electrons. The van der Waals surface area contributed by atoms with Gasteiger partial charge in [-0.05, 0) is 65.6 Å². The quantitative estimate of drug-likeness (QED) is 0.142. The Morgan fingerprint density at radius 2 is 1.52 bits per heavy atom. The maximum Gasteiger partial charge on any atom is 0.309 e. The molecule has 2 amide bonds. The van der Waals surface area contributed by atoms with Gasteiger partial charge in [-0.25, -0.2) is 0 Å². The summed E-state index contributed by atoms with van der Waals surface area (Å²) in [6, 6.07) is 16.9. The molecule has 0 aliphatic rings. The highest BCUT2D eigenvalue weighted by Gasteiger charge is 2.27. The number of aromatic nitrogens is 2. The predicted molar refractivity (Wildman–Crippen MR) is 191 cm³/mol. The van der Waals surface area contributed by atoms with Gasteiger partial charge in [-0.3, -0.25) is 14.4 Å². The lowest BCUT2D eigenvalue weighted by Crippen LogP contribution is -2.24. The summed E-state index contributed by atoms with van der Waals surface area (Å²) in [7, 11) is 0. The van der Waals surface area contributed by atoms with E-state index in [1.165, 1.54) is 41.4 Å². The van der Waals surface area contributed by atoms with Gasteiger partial charge in [0.2, 0.25) is 5.88 Å². The molecule has 2 N–H and O–H groups in total. The maximum atomic E-state index is 13.2. The van der Waals surface area contributed by atoms with Crippen LogP contribution in [0, 0.1) is 0 Å². The van der Waals surface area contributed by atoms with E-state index in [1.807, 2.05) is 6.07 Å². The zero-order valence-electron chi connectivity index (χ0n) is 28.0. The van der Waals surface area contributed by atoms with Crippen LogP contribution in [0.15, 0.2) is 60.7 Å². The Morgan fingerprint density at radius 3 is 2.15 bits per heavy atom. The highest BCUT2D eigenvalue weighted by atomic mass is 35.5. The summed E-state index contributed by atoms with van der Waals surface area (Å²) in [5, 5.41) is 10.4. The smallest absolute Gasteiger partial charge is 0.309 e. The summed E-state index contributed by atoms with van der Waals surface area (Å²) in [5.41, 5.74) is 2.97. The Labute approximate surface area is 295 Å². The molecule has 0 aliphatic carbocycles. The topological polar surface area (TPSA) is 112 Å². The van der Waals surface area contributed by atoms with Crippen molar-refractivity contribution in [3.05, 3.63) is 92.4 Å². The van der Waals surface area contributed by atoms with E-state index in [9.17, 15) is 14.4 Å². The predicted octanol–water partition coefficient (Wildman–Crippen LogP) is 9.40. The number of ether oxygens (including phenoxy) is 2. The first kappa shape index (κ1) is 36.8. The van der Waals surface area contributed by atoms with Crippen LogP contribution in [0.25, 0.3) is 5.69 Å². The van der Waals surface area contributed by atoms with Crippen molar-refractivity contribution >= 4 is 64.1 Å². The largest absolute Gasteiger partial charge is 0.483 e. The average molecular weight is 714 g/mol. The number of amides is 2. The van der Waals surface area contributed by atoms with Crippen LogP contribution in [0.2, 0.25) is 15.1 Å². The van der Waals surface area contributed by atoms with Gasteiger partial charge in [0.1, 0.15) is 11.4 Å². The van der Waals surface area contributed by atoms with Crippen LogP contribution in [0.4, 0.5) is 11.5 Å². The van der Waals surface area contributed by atoms with Gasteiger partial charge >= 0.3 is 5.97 Å². The van der Waals surface area contributed by atoms with Gasteiger partial charge in [-0.2, -0.15) is 4.68 Å². The van der Waals surface area contributed by atoms with Gasteiger partial charge < -0.3 is 20.1 Å². The normalized spacial score (nSPS) is 11.6. The zero-order valence-corrected chi connectivity index (χ0v) is 30.2. The SMILES string of the molecule is CCC(C)(C)c1ccc(OCC(=O)Nc2cccc(C(=O)Nc3cc(OC(C)=O)n(-c4c(Cl)cc(Cl)cc4Cl)n3)c2)c(C(C)(C)CC)c1. The van der Waals surface area contributed by atoms with Gasteiger partial charge in [-0.15, -0.1) is 5.10 Å². The first-order chi connectivity index (χ1) is 22.5. The second-order valence-corrected chi connectivity index (χ2v) is 13.9. The molecular weight excluding hydrogens is 675 g/mol. The molecule has 4 aromatic rings. The molecule has 1 aromatic heterocycles. The summed E-state index contributed by atoms with van der Waals surface area (Å²) < 4.78 is 12.5.